The van der Waals surface area contributed by atoms with Crippen LogP contribution in [0.5, 0.6) is 0 Å². The van der Waals surface area contributed by atoms with Gasteiger partial charge in [0.25, 0.3) is 0 Å². The molecule has 0 saturated carbocycles. The largest absolute Gasteiger partial charge is 0.350 e. The molecular weight excluding hydrogens is 218 g/mol. The van der Waals surface area contributed by atoms with E-state index in [1.807, 2.05) is 19.2 Å². The fraction of sp³-hybridized carbons (Fsp3) is 0.167. The highest BCUT2D eigenvalue weighted by Gasteiger charge is 2.02. The van der Waals surface area contributed by atoms with Crippen molar-refractivity contribution in [1.82, 2.24) is 9.99 Å². The summed E-state index contributed by atoms with van der Waals surface area (Å²) in [5.74, 6) is 0. The Labute approximate surface area is 99.8 Å². The minimum Gasteiger partial charge on any atom is -0.350 e. The molecule has 3 nitrogen and oxygen atoms in total. The van der Waals surface area contributed by atoms with Crippen LogP contribution in [0.15, 0.2) is 35.6 Å². The van der Waals surface area contributed by atoms with Crippen LogP contribution < -0.4 is 5.43 Å². The number of benzene rings is 1. The molecule has 2 aromatic rings. The average molecular weight is 231 g/mol. The van der Waals surface area contributed by atoms with Crippen LogP contribution >= 0.6 is 12.2 Å². The van der Waals surface area contributed by atoms with Crippen molar-refractivity contribution < 1.29 is 0 Å². The lowest BCUT2D eigenvalue weighted by molar-refractivity contribution is 0.967. The Morgan fingerprint density at radius 3 is 2.94 bits per heavy atom. The number of aryl methyl sites for hydroxylation is 1. The molecule has 1 aromatic heterocycles. The topological polar surface area (TPSA) is 29.3 Å². The van der Waals surface area contributed by atoms with Crippen LogP contribution in [0.3, 0.4) is 0 Å². The van der Waals surface area contributed by atoms with E-state index in [1.54, 1.807) is 13.1 Å². The number of thiocarbonyl (C=S) groups is 1. The van der Waals surface area contributed by atoms with Crippen molar-refractivity contribution in [1.29, 1.82) is 0 Å². The van der Waals surface area contributed by atoms with Gasteiger partial charge in [0.2, 0.25) is 0 Å². The van der Waals surface area contributed by atoms with E-state index in [0.29, 0.717) is 4.99 Å². The Hall–Kier alpha value is -1.68. The molecule has 2 rings (SSSR count). The van der Waals surface area contributed by atoms with E-state index in [2.05, 4.69) is 33.4 Å². The van der Waals surface area contributed by atoms with Crippen LogP contribution in [-0.2, 0) is 7.05 Å². The number of hydrogen-bond donors (Lipinski definition) is 1. The standard InChI is InChI=1S/C12H13N3S/c1-9(16)14-13-7-10-8-15(2)12-6-4-3-5-11(10)12/h3-8H,1-2H3,(H,14,16)/b13-7+. The number of nitrogens with one attached hydrogen (secondary N) is 1. The zero-order chi connectivity index (χ0) is 11.5. The van der Waals surface area contributed by atoms with E-state index in [4.69, 9.17) is 12.2 Å². The number of hydrazone groups is 1. The van der Waals surface area contributed by atoms with Crippen molar-refractivity contribution in [2.24, 2.45) is 12.1 Å². The molecule has 0 unspecified atom stereocenters. The van der Waals surface area contributed by atoms with E-state index in [1.165, 1.54) is 10.9 Å². The molecule has 82 valence electrons. The summed E-state index contributed by atoms with van der Waals surface area (Å²) in [6, 6.07) is 8.23. The summed E-state index contributed by atoms with van der Waals surface area (Å²) in [6.45, 7) is 1.80. The molecule has 0 aliphatic rings. The van der Waals surface area contributed by atoms with Gasteiger partial charge in [0, 0.05) is 29.7 Å². The van der Waals surface area contributed by atoms with Gasteiger partial charge in [0.15, 0.2) is 0 Å². The zero-order valence-corrected chi connectivity index (χ0v) is 10.1. The second-order valence-electron chi connectivity index (χ2n) is 3.64. The molecule has 0 spiro atoms. The summed E-state index contributed by atoms with van der Waals surface area (Å²) >= 11 is 4.88. The maximum atomic E-state index is 4.88. The Balaban J connectivity index is 2.38. The van der Waals surface area contributed by atoms with Gasteiger partial charge in [-0.3, -0.25) is 5.43 Å². The molecule has 4 heteroatoms. The lowest BCUT2D eigenvalue weighted by Gasteiger charge is -1.93. The lowest BCUT2D eigenvalue weighted by atomic mass is 10.2. The normalized spacial score (nSPS) is 11.1. The van der Waals surface area contributed by atoms with Gasteiger partial charge in [-0.05, 0) is 13.0 Å². The molecule has 0 radical (unpaired) electrons. The first-order chi connectivity index (χ1) is 7.68. The Bertz CT molecular complexity index is 554. The molecule has 0 aliphatic carbocycles. The SMILES string of the molecule is CC(=S)N/N=C/c1cn(C)c2ccccc12. The predicted molar refractivity (Wildman–Crippen MR) is 71.9 cm³/mol. The predicted octanol–water partition coefficient (Wildman–Crippen LogP) is 2.45. The highest BCUT2D eigenvalue weighted by atomic mass is 32.1. The van der Waals surface area contributed by atoms with Crippen molar-refractivity contribution >= 4 is 34.3 Å². The molecule has 0 atom stereocenters. The van der Waals surface area contributed by atoms with E-state index < -0.39 is 0 Å². The van der Waals surface area contributed by atoms with Crippen LogP contribution in [0.25, 0.3) is 10.9 Å². The number of rotatable bonds is 2. The maximum absolute atomic E-state index is 4.88. The number of aromatic nitrogens is 1. The second-order valence-corrected chi connectivity index (χ2v) is 4.25. The third kappa shape index (κ3) is 2.12. The molecular formula is C12H13N3S. The van der Waals surface area contributed by atoms with Gasteiger partial charge in [-0.1, -0.05) is 30.4 Å². The quantitative estimate of drug-likeness (QED) is 0.489. The summed E-state index contributed by atoms with van der Waals surface area (Å²) in [5, 5.41) is 5.27. The van der Waals surface area contributed by atoms with Gasteiger partial charge in [0.1, 0.15) is 0 Å². The molecule has 1 heterocycles. The summed E-state index contributed by atoms with van der Waals surface area (Å²) < 4.78 is 2.08. The summed E-state index contributed by atoms with van der Waals surface area (Å²) in [6.07, 6.45) is 3.84. The van der Waals surface area contributed by atoms with Gasteiger partial charge in [-0.2, -0.15) is 5.10 Å². The molecule has 0 amide bonds. The van der Waals surface area contributed by atoms with E-state index in [9.17, 15) is 0 Å². The van der Waals surface area contributed by atoms with Gasteiger partial charge >= 0.3 is 0 Å². The lowest BCUT2D eigenvalue weighted by Crippen LogP contribution is -2.09. The monoisotopic (exact) mass is 231 g/mol. The van der Waals surface area contributed by atoms with Crippen molar-refractivity contribution in [2.75, 3.05) is 0 Å². The van der Waals surface area contributed by atoms with Crippen LogP contribution in [-0.4, -0.2) is 15.8 Å². The first-order valence-corrected chi connectivity index (χ1v) is 5.43. The number of hydrogen-bond acceptors (Lipinski definition) is 2. The third-order valence-electron chi connectivity index (χ3n) is 2.35. The smallest absolute Gasteiger partial charge is 0.0930 e. The Morgan fingerprint density at radius 2 is 2.19 bits per heavy atom. The van der Waals surface area contributed by atoms with E-state index in [0.717, 1.165) is 5.56 Å². The van der Waals surface area contributed by atoms with Gasteiger partial charge in [-0.15, -0.1) is 0 Å². The van der Waals surface area contributed by atoms with E-state index in [-0.39, 0.29) is 0 Å². The van der Waals surface area contributed by atoms with Crippen molar-refractivity contribution in [3.63, 3.8) is 0 Å². The van der Waals surface area contributed by atoms with Crippen molar-refractivity contribution in [3.05, 3.63) is 36.0 Å². The molecule has 0 aliphatic heterocycles. The third-order valence-corrected chi connectivity index (χ3v) is 2.44. The summed E-state index contributed by atoms with van der Waals surface area (Å²) in [5.41, 5.74) is 5.04. The Morgan fingerprint density at radius 1 is 1.44 bits per heavy atom. The van der Waals surface area contributed by atoms with E-state index >= 15 is 0 Å². The maximum Gasteiger partial charge on any atom is 0.0930 e. The summed E-state index contributed by atoms with van der Waals surface area (Å²) in [4.78, 5) is 0.663. The highest BCUT2D eigenvalue weighted by Crippen LogP contribution is 2.18. The number of para-hydroxylation sites is 1. The number of nitrogens with zero attached hydrogens (tertiary/aromatic N) is 2. The second kappa shape index (κ2) is 4.45. The molecule has 1 N–H and O–H groups in total. The van der Waals surface area contributed by atoms with Crippen LogP contribution in [0.4, 0.5) is 0 Å². The molecule has 1 aromatic carbocycles. The van der Waals surface area contributed by atoms with Crippen molar-refractivity contribution in [3.8, 4) is 0 Å². The molecule has 0 bridgehead atoms. The molecule has 0 saturated heterocycles. The van der Waals surface area contributed by atoms with Crippen LogP contribution in [0.2, 0.25) is 0 Å². The minimum atomic E-state index is 0.663. The molecule has 16 heavy (non-hydrogen) atoms. The number of fused-ring (bicyclic) bond motifs is 1. The Kier molecular flexibility index (Phi) is 3.01. The highest BCUT2D eigenvalue weighted by molar-refractivity contribution is 7.80. The first kappa shape index (κ1) is 10.8. The van der Waals surface area contributed by atoms with Crippen LogP contribution in [0, 0.1) is 0 Å². The fourth-order valence-electron chi connectivity index (χ4n) is 1.67. The average Bonchev–Trinajstić information content (AvgIpc) is 2.57. The minimum absolute atomic E-state index is 0.663. The fourth-order valence-corrected chi connectivity index (χ4v) is 1.72. The van der Waals surface area contributed by atoms with Crippen molar-refractivity contribution in [2.45, 2.75) is 6.92 Å². The van der Waals surface area contributed by atoms with Gasteiger partial charge < -0.3 is 4.57 Å². The summed E-state index contributed by atoms with van der Waals surface area (Å²) in [7, 11) is 2.03. The van der Waals surface area contributed by atoms with Crippen LogP contribution in [0.1, 0.15) is 12.5 Å². The van der Waals surface area contributed by atoms with Gasteiger partial charge in [-0.25, -0.2) is 0 Å². The van der Waals surface area contributed by atoms with Gasteiger partial charge in [0.05, 0.1) is 11.2 Å². The molecule has 0 fully saturated rings. The zero-order valence-electron chi connectivity index (χ0n) is 9.27. The first-order valence-electron chi connectivity index (χ1n) is 5.02.